The van der Waals surface area contributed by atoms with Crippen molar-refractivity contribution in [1.29, 1.82) is 0 Å². The number of tetrazole rings is 1. The van der Waals surface area contributed by atoms with Gasteiger partial charge >= 0.3 is 0 Å². The van der Waals surface area contributed by atoms with Crippen LogP contribution >= 0.6 is 11.3 Å². The Kier molecular flexibility index (Phi) is 4.96. The summed E-state index contributed by atoms with van der Waals surface area (Å²) in [6, 6.07) is 3.89. The lowest BCUT2D eigenvalue weighted by Gasteiger charge is -2.13. The first-order valence-corrected chi connectivity index (χ1v) is 9.58. The molecule has 0 aliphatic carbocycles. The zero-order chi connectivity index (χ0) is 17.8. The number of amides is 1. The van der Waals surface area contributed by atoms with Gasteiger partial charge in [-0.2, -0.15) is 0 Å². The van der Waals surface area contributed by atoms with Gasteiger partial charge in [0.15, 0.2) is 5.82 Å². The van der Waals surface area contributed by atoms with E-state index in [-0.39, 0.29) is 11.8 Å². The second-order valence-electron chi connectivity index (χ2n) is 6.24. The third kappa shape index (κ3) is 3.62. The largest absolute Gasteiger partial charge is 0.355 e. The van der Waals surface area contributed by atoms with E-state index in [0.717, 1.165) is 42.1 Å². The molecule has 1 amide bonds. The highest BCUT2D eigenvalue weighted by atomic mass is 32.1. The molecule has 0 radical (unpaired) electrons. The van der Waals surface area contributed by atoms with Gasteiger partial charge in [0.05, 0.1) is 11.6 Å². The van der Waals surface area contributed by atoms with Crippen LogP contribution in [-0.2, 0) is 17.8 Å². The van der Waals surface area contributed by atoms with E-state index in [9.17, 15) is 4.79 Å². The smallest absolute Gasteiger partial charge is 0.230 e. The zero-order valence-corrected chi connectivity index (χ0v) is 15.0. The summed E-state index contributed by atoms with van der Waals surface area (Å²) in [6.45, 7) is 1.33. The summed E-state index contributed by atoms with van der Waals surface area (Å²) in [7, 11) is 0. The van der Waals surface area contributed by atoms with Gasteiger partial charge in [-0.25, -0.2) is 9.67 Å². The van der Waals surface area contributed by atoms with Crippen molar-refractivity contribution in [2.75, 3.05) is 6.54 Å². The summed E-state index contributed by atoms with van der Waals surface area (Å²) >= 11 is 1.59. The number of rotatable bonds is 5. The highest BCUT2D eigenvalue weighted by Crippen LogP contribution is 2.24. The van der Waals surface area contributed by atoms with Crippen LogP contribution in [0.3, 0.4) is 0 Å². The number of aromatic nitrogens is 6. The molecule has 8 nitrogen and oxygen atoms in total. The fourth-order valence-electron chi connectivity index (χ4n) is 3.09. The van der Waals surface area contributed by atoms with Gasteiger partial charge in [-0.15, -0.1) is 16.4 Å². The van der Waals surface area contributed by atoms with Crippen molar-refractivity contribution < 1.29 is 4.79 Å². The van der Waals surface area contributed by atoms with Gasteiger partial charge < -0.3 is 5.32 Å². The van der Waals surface area contributed by atoms with Crippen LogP contribution in [0.1, 0.15) is 36.7 Å². The summed E-state index contributed by atoms with van der Waals surface area (Å²) in [5.41, 5.74) is 1.98. The second kappa shape index (κ2) is 7.69. The molecule has 0 spiro atoms. The van der Waals surface area contributed by atoms with Gasteiger partial charge in [-0.05, 0) is 35.4 Å². The van der Waals surface area contributed by atoms with Crippen LogP contribution in [0.2, 0.25) is 0 Å². The minimum absolute atomic E-state index is 0.00865. The normalized spacial score (nSPS) is 16.7. The average molecular weight is 369 g/mol. The lowest BCUT2D eigenvalue weighted by Crippen LogP contribution is -2.32. The molecule has 26 heavy (non-hydrogen) atoms. The number of carbonyl (C=O) groups is 1. The van der Waals surface area contributed by atoms with E-state index in [0.29, 0.717) is 18.8 Å². The summed E-state index contributed by atoms with van der Waals surface area (Å²) < 4.78 is 1.75. The topological polar surface area (TPSA) is 98.5 Å². The van der Waals surface area contributed by atoms with Crippen molar-refractivity contribution in [3.05, 3.63) is 41.4 Å². The molecule has 1 aliphatic heterocycles. The van der Waals surface area contributed by atoms with E-state index in [1.54, 1.807) is 28.4 Å². The van der Waals surface area contributed by atoms with Gasteiger partial charge in [0.1, 0.15) is 5.01 Å². The van der Waals surface area contributed by atoms with Crippen molar-refractivity contribution in [2.24, 2.45) is 0 Å². The van der Waals surface area contributed by atoms with Crippen LogP contribution in [0.5, 0.6) is 0 Å². The molecule has 0 bridgehead atoms. The van der Waals surface area contributed by atoms with E-state index in [4.69, 9.17) is 0 Å². The molecule has 0 fully saturated rings. The molecule has 1 N–H and O–H groups in total. The van der Waals surface area contributed by atoms with E-state index in [1.807, 2.05) is 17.5 Å². The molecule has 1 aliphatic rings. The molecule has 0 unspecified atom stereocenters. The number of hydrogen-bond acceptors (Lipinski definition) is 7. The van der Waals surface area contributed by atoms with Gasteiger partial charge in [-0.3, -0.25) is 9.78 Å². The highest BCUT2D eigenvalue weighted by molar-refractivity contribution is 7.13. The fourth-order valence-corrected chi connectivity index (χ4v) is 3.93. The van der Waals surface area contributed by atoms with E-state index in [2.05, 4.69) is 30.8 Å². The lowest BCUT2D eigenvalue weighted by atomic mass is 10.0. The predicted molar refractivity (Wildman–Crippen MR) is 96.5 cm³/mol. The first-order chi connectivity index (χ1) is 12.8. The number of carbonyl (C=O) groups excluding carboxylic acids is 1. The molecule has 0 saturated heterocycles. The van der Waals surface area contributed by atoms with Crippen molar-refractivity contribution in [3.63, 3.8) is 0 Å². The molecule has 0 aromatic carbocycles. The van der Waals surface area contributed by atoms with Gasteiger partial charge in [0.25, 0.3) is 0 Å². The van der Waals surface area contributed by atoms with Gasteiger partial charge in [0.2, 0.25) is 5.91 Å². The number of hydrogen-bond donors (Lipinski definition) is 1. The third-order valence-corrected chi connectivity index (χ3v) is 5.38. The van der Waals surface area contributed by atoms with Crippen LogP contribution in [0, 0.1) is 0 Å². The molecular weight excluding hydrogens is 350 g/mol. The number of nitrogens with zero attached hydrogens (tertiary/aromatic N) is 6. The molecule has 9 heteroatoms. The van der Waals surface area contributed by atoms with Crippen LogP contribution in [-0.4, -0.2) is 42.6 Å². The molecule has 0 saturated carbocycles. The Morgan fingerprint density at radius 2 is 2.35 bits per heavy atom. The molecule has 4 heterocycles. The van der Waals surface area contributed by atoms with Crippen molar-refractivity contribution in [1.82, 2.24) is 35.5 Å². The number of thiazole rings is 1. The summed E-state index contributed by atoms with van der Waals surface area (Å²) in [4.78, 5) is 21.3. The molecule has 134 valence electrons. The average Bonchev–Trinajstić information content (AvgIpc) is 3.28. The maximum absolute atomic E-state index is 12.6. The number of fused-ring (bicyclic) bond motifs is 1. The Balaban J connectivity index is 1.34. The van der Waals surface area contributed by atoms with E-state index < -0.39 is 0 Å². The maximum atomic E-state index is 12.6. The molecular formula is C17H19N7OS. The molecule has 4 rings (SSSR count). The van der Waals surface area contributed by atoms with Crippen LogP contribution < -0.4 is 5.32 Å². The highest BCUT2D eigenvalue weighted by Gasteiger charge is 2.28. The number of nitrogens with one attached hydrogen (secondary N) is 1. The monoisotopic (exact) mass is 369 g/mol. The van der Waals surface area contributed by atoms with Crippen LogP contribution in [0.4, 0.5) is 0 Å². The molecule has 3 aromatic heterocycles. The number of pyridine rings is 1. The summed E-state index contributed by atoms with van der Waals surface area (Å²) in [6.07, 6.45) is 7.02. The SMILES string of the molecule is O=C(NCCc1csc(-c2cccnc2)n1)[C@H]1CCCCn2nnnc21. The minimum atomic E-state index is -0.270. The first kappa shape index (κ1) is 16.8. The predicted octanol–water partition coefficient (Wildman–Crippen LogP) is 1.82. The molecule has 1 atom stereocenters. The van der Waals surface area contributed by atoms with Crippen molar-refractivity contribution >= 4 is 17.2 Å². The molecule has 3 aromatic rings. The zero-order valence-electron chi connectivity index (χ0n) is 14.2. The Labute approximate surface area is 154 Å². The van der Waals surface area contributed by atoms with Gasteiger partial charge in [-0.1, -0.05) is 6.42 Å². The maximum Gasteiger partial charge on any atom is 0.230 e. The van der Waals surface area contributed by atoms with Crippen molar-refractivity contribution in [3.8, 4) is 10.6 Å². The van der Waals surface area contributed by atoms with Crippen LogP contribution in [0.25, 0.3) is 10.6 Å². The lowest BCUT2D eigenvalue weighted by molar-refractivity contribution is -0.122. The standard InChI is InChI=1S/C17H19N7OS/c25-16(14-5-1-2-9-24-15(14)21-22-23-24)19-8-6-13-11-26-17(20-13)12-4-3-7-18-10-12/h3-4,7,10-11,14H,1-2,5-6,8-9H2,(H,19,25)/t14-/m0/s1. The Hall–Kier alpha value is -2.68. The third-order valence-electron chi connectivity index (χ3n) is 4.44. The second-order valence-corrected chi connectivity index (χ2v) is 7.09. The quantitative estimate of drug-likeness (QED) is 0.736. The van der Waals surface area contributed by atoms with E-state index >= 15 is 0 Å². The van der Waals surface area contributed by atoms with Crippen molar-refractivity contribution in [2.45, 2.75) is 38.1 Å². The van der Waals surface area contributed by atoms with Gasteiger partial charge in [0, 0.05) is 42.8 Å². The van der Waals surface area contributed by atoms with E-state index in [1.165, 1.54) is 0 Å². The Morgan fingerprint density at radius 3 is 3.23 bits per heavy atom. The Bertz CT molecular complexity index is 876. The summed E-state index contributed by atoms with van der Waals surface area (Å²) in [5, 5.41) is 17.7. The first-order valence-electron chi connectivity index (χ1n) is 8.70. The minimum Gasteiger partial charge on any atom is -0.355 e. The fraction of sp³-hybridized carbons (Fsp3) is 0.412. The Morgan fingerprint density at radius 1 is 1.38 bits per heavy atom. The van der Waals surface area contributed by atoms with Crippen LogP contribution in [0.15, 0.2) is 29.9 Å². The summed E-state index contributed by atoms with van der Waals surface area (Å²) in [5.74, 6) is 0.395. The number of aryl methyl sites for hydroxylation is 1.